The summed E-state index contributed by atoms with van der Waals surface area (Å²) in [7, 11) is -3.68. The molecule has 1 amide bonds. The Balaban J connectivity index is 1.26. The van der Waals surface area contributed by atoms with Crippen molar-refractivity contribution in [2.75, 3.05) is 38.6 Å². The minimum Gasteiger partial charge on any atom is -0.486 e. The van der Waals surface area contributed by atoms with E-state index < -0.39 is 10.0 Å². The molecule has 0 atom stereocenters. The maximum atomic E-state index is 13.0. The number of sulfonamides is 1. The molecule has 2 aliphatic rings. The standard InChI is InChI=1S/C21H26N6O5S/c22-13-16-17(25-26-20(16)23)2-1-7-24-21(28)14-5-8-27(9-6-14)33(29,30)15-3-4-18-19(12-15)32-11-10-31-18/h3-4,12,14H,1-2,5-11H2,(H,24,28)(H3,23,25,26). The number of hydrogen-bond donors (Lipinski definition) is 3. The van der Waals surface area contributed by atoms with Gasteiger partial charge in [-0.1, -0.05) is 0 Å². The van der Waals surface area contributed by atoms with Crippen LogP contribution < -0.4 is 20.5 Å². The molecule has 0 unspecified atom stereocenters. The van der Waals surface area contributed by atoms with E-state index in [4.69, 9.17) is 20.5 Å². The van der Waals surface area contributed by atoms with Crippen molar-refractivity contribution in [2.24, 2.45) is 5.92 Å². The zero-order chi connectivity index (χ0) is 23.4. The Bertz CT molecular complexity index is 1160. The number of nitriles is 1. The second kappa shape index (κ2) is 9.68. The first kappa shape index (κ1) is 22.9. The van der Waals surface area contributed by atoms with E-state index in [0.717, 1.165) is 0 Å². The third kappa shape index (κ3) is 4.89. The Morgan fingerprint density at radius 1 is 1.27 bits per heavy atom. The van der Waals surface area contributed by atoms with Crippen molar-refractivity contribution in [1.82, 2.24) is 19.8 Å². The van der Waals surface area contributed by atoms with Crippen LogP contribution in [0.2, 0.25) is 0 Å². The van der Waals surface area contributed by atoms with Crippen LogP contribution >= 0.6 is 0 Å². The molecule has 0 spiro atoms. The Kier molecular flexibility index (Phi) is 6.71. The van der Waals surface area contributed by atoms with Gasteiger partial charge in [0, 0.05) is 31.6 Å². The van der Waals surface area contributed by atoms with Crippen molar-refractivity contribution in [2.45, 2.75) is 30.6 Å². The molecule has 2 aromatic rings. The summed E-state index contributed by atoms with van der Waals surface area (Å²) in [4.78, 5) is 12.7. The highest BCUT2D eigenvalue weighted by atomic mass is 32.2. The summed E-state index contributed by atoms with van der Waals surface area (Å²) < 4.78 is 38.4. The molecule has 0 aliphatic carbocycles. The van der Waals surface area contributed by atoms with Crippen LogP contribution in [0.5, 0.6) is 11.5 Å². The minimum atomic E-state index is -3.68. The van der Waals surface area contributed by atoms with Gasteiger partial charge in [0.25, 0.3) is 0 Å². The van der Waals surface area contributed by atoms with E-state index in [2.05, 4.69) is 15.5 Å². The van der Waals surface area contributed by atoms with Crippen molar-refractivity contribution in [1.29, 1.82) is 5.26 Å². The van der Waals surface area contributed by atoms with Crippen LogP contribution in [0, 0.1) is 17.2 Å². The number of rotatable bonds is 7. The Morgan fingerprint density at radius 2 is 2.00 bits per heavy atom. The molecule has 0 bridgehead atoms. The molecule has 2 aliphatic heterocycles. The first-order chi connectivity index (χ1) is 15.9. The summed E-state index contributed by atoms with van der Waals surface area (Å²) >= 11 is 0. The van der Waals surface area contributed by atoms with Gasteiger partial charge in [-0.3, -0.25) is 9.89 Å². The van der Waals surface area contributed by atoms with Gasteiger partial charge in [0.15, 0.2) is 17.3 Å². The van der Waals surface area contributed by atoms with Crippen molar-refractivity contribution >= 4 is 21.7 Å². The minimum absolute atomic E-state index is 0.0870. The molecule has 176 valence electrons. The van der Waals surface area contributed by atoms with Crippen LogP contribution in [0.4, 0.5) is 5.82 Å². The number of hydrogen-bond acceptors (Lipinski definition) is 8. The molecule has 1 aromatic carbocycles. The van der Waals surface area contributed by atoms with Gasteiger partial charge in [0.2, 0.25) is 15.9 Å². The van der Waals surface area contributed by atoms with Gasteiger partial charge in [-0.05, 0) is 37.8 Å². The molecule has 4 rings (SSSR count). The first-order valence-electron chi connectivity index (χ1n) is 10.8. The molecule has 12 heteroatoms. The van der Waals surface area contributed by atoms with Gasteiger partial charge in [0.1, 0.15) is 24.8 Å². The van der Waals surface area contributed by atoms with Crippen LogP contribution in [-0.2, 0) is 21.2 Å². The van der Waals surface area contributed by atoms with Crippen molar-refractivity contribution in [3.63, 3.8) is 0 Å². The number of amides is 1. The normalized spacial score (nSPS) is 16.8. The number of aromatic nitrogens is 2. The van der Waals surface area contributed by atoms with E-state index >= 15 is 0 Å². The highest BCUT2D eigenvalue weighted by Gasteiger charge is 2.32. The number of fused-ring (bicyclic) bond motifs is 1. The number of aromatic amines is 1. The third-order valence-electron chi connectivity index (χ3n) is 5.86. The van der Waals surface area contributed by atoms with Gasteiger partial charge in [0.05, 0.1) is 10.6 Å². The van der Waals surface area contributed by atoms with Crippen LogP contribution in [0.3, 0.4) is 0 Å². The summed E-state index contributed by atoms with van der Waals surface area (Å²) in [5.41, 5.74) is 6.61. The number of nitrogens with two attached hydrogens (primary N) is 1. The number of nitrogens with zero attached hydrogens (tertiary/aromatic N) is 3. The average molecular weight is 475 g/mol. The smallest absolute Gasteiger partial charge is 0.243 e. The highest BCUT2D eigenvalue weighted by molar-refractivity contribution is 7.89. The largest absolute Gasteiger partial charge is 0.486 e. The van der Waals surface area contributed by atoms with Crippen molar-refractivity contribution in [3.8, 4) is 17.6 Å². The predicted molar refractivity (Wildman–Crippen MR) is 118 cm³/mol. The first-order valence-corrected chi connectivity index (χ1v) is 12.2. The Morgan fingerprint density at radius 3 is 2.73 bits per heavy atom. The van der Waals surface area contributed by atoms with Crippen molar-refractivity contribution in [3.05, 3.63) is 29.5 Å². The number of aryl methyl sites for hydroxylation is 1. The number of anilines is 1. The average Bonchev–Trinajstić information content (AvgIpc) is 3.20. The lowest BCUT2D eigenvalue weighted by Gasteiger charge is -2.30. The van der Waals surface area contributed by atoms with Gasteiger partial charge < -0.3 is 20.5 Å². The Hall–Kier alpha value is -3.30. The van der Waals surface area contributed by atoms with E-state index in [1.165, 1.54) is 16.4 Å². The number of H-pyrrole nitrogens is 1. The zero-order valence-electron chi connectivity index (χ0n) is 18.0. The number of nitrogens with one attached hydrogen (secondary N) is 2. The van der Waals surface area contributed by atoms with E-state index in [-0.39, 0.29) is 35.6 Å². The highest BCUT2D eigenvalue weighted by Crippen LogP contribution is 2.34. The van der Waals surface area contributed by atoms with Crippen LogP contribution in [-0.4, -0.2) is 61.7 Å². The maximum Gasteiger partial charge on any atom is 0.243 e. The van der Waals surface area contributed by atoms with Crippen LogP contribution in [0.1, 0.15) is 30.5 Å². The molecule has 0 saturated carbocycles. The quantitative estimate of drug-likeness (QED) is 0.496. The molecule has 33 heavy (non-hydrogen) atoms. The number of ether oxygens (including phenoxy) is 2. The van der Waals surface area contributed by atoms with Crippen LogP contribution in [0.25, 0.3) is 0 Å². The number of nitrogen functional groups attached to an aromatic ring is 1. The number of carbonyl (C=O) groups excluding carboxylic acids is 1. The van der Waals surface area contributed by atoms with Crippen LogP contribution in [0.15, 0.2) is 23.1 Å². The van der Waals surface area contributed by atoms with E-state index in [9.17, 15) is 13.2 Å². The molecule has 1 saturated heterocycles. The number of piperidine rings is 1. The lowest BCUT2D eigenvalue weighted by molar-refractivity contribution is -0.126. The summed E-state index contributed by atoms with van der Waals surface area (Å²) in [5.74, 6) is 0.811. The van der Waals surface area contributed by atoms with Gasteiger partial charge >= 0.3 is 0 Å². The second-order valence-corrected chi connectivity index (χ2v) is 9.89. The zero-order valence-corrected chi connectivity index (χ0v) is 18.9. The summed E-state index contributed by atoms with van der Waals surface area (Å²) in [6.07, 6.45) is 2.07. The van der Waals surface area contributed by atoms with Gasteiger partial charge in [-0.15, -0.1) is 0 Å². The third-order valence-corrected chi connectivity index (χ3v) is 7.75. The molecular weight excluding hydrogens is 448 g/mol. The van der Waals surface area contributed by atoms with Crippen molar-refractivity contribution < 1.29 is 22.7 Å². The summed E-state index contributed by atoms with van der Waals surface area (Å²) in [6.45, 7) is 1.81. The fraction of sp³-hybridized carbons (Fsp3) is 0.476. The number of carbonyl (C=O) groups is 1. The van der Waals surface area contributed by atoms with E-state index in [0.29, 0.717) is 68.2 Å². The fourth-order valence-corrected chi connectivity index (χ4v) is 5.50. The van der Waals surface area contributed by atoms with Gasteiger partial charge in [-0.25, -0.2) is 8.42 Å². The molecule has 1 fully saturated rings. The fourth-order valence-electron chi connectivity index (χ4n) is 4.01. The SMILES string of the molecule is N#Cc1c(N)n[nH]c1CCCNC(=O)C1CCN(S(=O)(=O)c2ccc3c(c2)OCCO3)CC1. The Labute approximate surface area is 191 Å². The monoisotopic (exact) mass is 474 g/mol. The predicted octanol–water partition coefficient (Wildman–Crippen LogP) is 0.784. The van der Waals surface area contributed by atoms with E-state index in [1.54, 1.807) is 6.07 Å². The molecule has 3 heterocycles. The second-order valence-electron chi connectivity index (χ2n) is 7.95. The topological polar surface area (TPSA) is 163 Å². The maximum absolute atomic E-state index is 13.0. The molecular formula is C21H26N6O5S. The molecule has 0 radical (unpaired) electrons. The van der Waals surface area contributed by atoms with E-state index in [1.807, 2.05) is 6.07 Å². The lowest BCUT2D eigenvalue weighted by atomic mass is 9.97. The molecule has 11 nitrogen and oxygen atoms in total. The molecule has 4 N–H and O–H groups in total. The molecule has 1 aromatic heterocycles. The summed E-state index contributed by atoms with van der Waals surface area (Å²) in [5, 5.41) is 18.5. The lowest BCUT2D eigenvalue weighted by Crippen LogP contribution is -2.43. The number of benzene rings is 1. The summed E-state index contributed by atoms with van der Waals surface area (Å²) in [6, 6.07) is 6.64. The van der Waals surface area contributed by atoms with Gasteiger partial charge in [-0.2, -0.15) is 14.7 Å².